The molecule has 0 saturated heterocycles. The van der Waals surface area contributed by atoms with E-state index < -0.39 is 17.8 Å². The van der Waals surface area contributed by atoms with Gasteiger partial charge >= 0.3 is 11.9 Å². The van der Waals surface area contributed by atoms with Crippen LogP contribution >= 0.6 is 0 Å². The smallest absolute Gasteiger partial charge is 0.310 e. The van der Waals surface area contributed by atoms with Gasteiger partial charge in [0.15, 0.2) is 0 Å². The van der Waals surface area contributed by atoms with Crippen LogP contribution in [0.5, 0.6) is 0 Å². The van der Waals surface area contributed by atoms with Gasteiger partial charge < -0.3 is 9.84 Å². The van der Waals surface area contributed by atoms with E-state index in [1.807, 2.05) is 12.2 Å². The van der Waals surface area contributed by atoms with Crippen molar-refractivity contribution in [3.05, 3.63) is 12.2 Å². The summed E-state index contributed by atoms with van der Waals surface area (Å²) < 4.78 is 5.13. The van der Waals surface area contributed by atoms with E-state index in [-0.39, 0.29) is 23.9 Å². The van der Waals surface area contributed by atoms with E-state index >= 15 is 0 Å². The molecule has 4 nitrogen and oxygen atoms in total. The van der Waals surface area contributed by atoms with Crippen molar-refractivity contribution in [1.29, 1.82) is 0 Å². The van der Waals surface area contributed by atoms with Gasteiger partial charge in [-0.15, -0.1) is 0 Å². The van der Waals surface area contributed by atoms with Gasteiger partial charge in [-0.05, 0) is 32.1 Å². The fourth-order valence-electron chi connectivity index (χ4n) is 2.79. The number of hydrogen-bond acceptors (Lipinski definition) is 3. The minimum Gasteiger partial charge on any atom is -0.481 e. The lowest BCUT2D eigenvalue weighted by molar-refractivity contribution is -0.161. The number of hydrogen-bond donors (Lipinski definition) is 1. The Bertz CT molecular complexity index is 345. The highest BCUT2D eigenvalue weighted by molar-refractivity contribution is 5.83. The van der Waals surface area contributed by atoms with Crippen molar-refractivity contribution in [2.24, 2.45) is 23.7 Å². The summed E-state index contributed by atoms with van der Waals surface area (Å²) in [6.07, 6.45) is 4.46. The van der Waals surface area contributed by atoms with E-state index in [0.717, 1.165) is 6.42 Å². The summed E-state index contributed by atoms with van der Waals surface area (Å²) in [7, 11) is 0. The summed E-state index contributed by atoms with van der Waals surface area (Å²) in [5, 5.41) is 9.15. The number of aliphatic carboxylic acids is 1. The fraction of sp³-hybridized carbons (Fsp3) is 0.667. The summed E-state index contributed by atoms with van der Waals surface area (Å²) in [6, 6.07) is 0. The molecule has 4 heteroatoms. The number of carbonyl (C=O) groups excluding carboxylic acids is 1. The zero-order valence-electron chi connectivity index (χ0n) is 9.42. The highest BCUT2D eigenvalue weighted by atomic mass is 16.5. The van der Waals surface area contributed by atoms with E-state index in [4.69, 9.17) is 9.84 Å². The van der Waals surface area contributed by atoms with E-state index in [0.29, 0.717) is 0 Å². The molecule has 2 rings (SSSR count). The van der Waals surface area contributed by atoms with Gasteiger partial charge in [0.2, 0.25) is 0 Å². The molecular weight excluding hydrogens is 208 g/mol. The Balaban J connectivity index is 2.16. The molecular formula is C12H16O4. The molecule has 0 aliphatic heterocycles. The second kappa shape index (κ2) is 3.92. The van der Waals surface area contributed by atoms with Gasteiger partial charge in [0.05, 0.1) is 17.9 Å². The van der Waals surface area contributed by atoms with Gasteiger partial charge in [-0.2, -0.15) is 0 Å². The van der Waals surface area contributed by atoms with Crippen molar-refractivity contribution in [2.75, 3.05) is 0 Å². The first-order valence-electron chi connectivity index (χ1n) is 5.62. The van der Waals surface area contributed by atoms with Gasteiger partial charge in [0.1, 0.15) is 0 Å². The number of carboxylic acid groups (broad SMARTS) is 1. The molecule has 0 radical (unpaired) electrons. The topological polar surface area (TPSA) is 63.6 Å². The quantitative estimate of drug-likeness (QED) is 0.582. The SMILES string of the molecule is CC(C)OC(=O)C1C2C=CC(C2)C1C(=O)O. The summed E-state index contributed by atoms with van der Waals surface area (Å²) in [4.78, 5) is 23.0. The molecule has 88 valence electrons. The maximum absolute atomic E-state index is 11.8. The molecule has 0 heterocycles. The average Bonchev–Trinajstić information content (AvgIpc) is 2.74. The van der Waals surface area contributed by atoms with Gasteiger partial charge in [0.25, 0.3) is 0 Å². The zero-order valence-corrected chi connectivity index (χ0v) is 9.42. The van der Waals surface area contributed by atoms with Crippen LogP contribution in [0.15, 0.2) is 12.2 Å². The highest BCUT2D eigenvalue weighted by Crippen LogP contribution is 2.48. The summed E-state index contributed by atoms with van der Waals surface area (Å²) >= 11 is 0. The van der Waals surface area contributed by atoms with Crippen molar-refractivity contribution < 1.29 is 19.4 Å². The lowest BCUT2D eigenvalue weighted by Crippen LogP contribution is -2.35. The maximum atomic E-state index is 11.8. The van der Waals surface area contributed by atoms with Gasteiger partial charge in [0, 0.05) is 0 Å². The van der Waals surface area contributed by atoms with Crippen LogP contribution in [0.4, 0.5) is 0 Å². The highest BCUT2D eigenvalue weighted by Gasteiger charge is 2.52. The Morgan fingerprint density at radius 3 is 2.31 bits per heavy atom. The lowest BCUT2D eigenvalue weighted by atomic mass is 9.83. The van der Waals surface area contributed by atoms with Crippen LogP contribution in [0, 0.1) is 23.7 Å². The molecule has 2 aliphatic carbocycles. The lowest BCUT2D eigenvalue weighted by Gasteiger charge is -2.23. The first kappa shape index (κ1) is 11.2. The van der Waals surface area contributed by atoms with Crippen molar-refractivity contribution >= 4 is 11.9 Å². The Labute approximate surface area is 94.3 Å². The van der Waals surface area contributed by atoms with Crippen molar-refractivity contribution in [2.45, 2.75) is 26.4 Å². The van der Waals surface area contributed by atoms with E-state index in [1.54, 1.807) is 13.8 Å². The third-order valence-electron chi connectivity index (χ3n) is 3.37. The maximum Gasteiger partial charge on any atom is 0.310 e. The van der Waals surface area contributed by atoms with E-state index in [9.17, 15) is 9.59 Å². The number of carbonyl (C=O) groups is 2. The number of ether oxygens (including phenoxy) is 1. The van der Waals surface area contributed by atoms with E-state index in [1.165, 1.54) is 0 Å². The molecule has 2 bridgehead atoms. The first-order chi connectivity index (χ1) is 7.50. The van der Waals surface area contributed by atoms with Gasteiger partial charge in [-0.3, -0.25) is 9.59 Å². The van der Waals surface area contributed by atoms with Crippen molar-refractivity contribution in [3.8, 4) is 0 Å². The molecule has 4 atom stereocenters. The van der Waals surface area contributed by atoms with Crippen LogP contribution in [0.2, 0.25) is 0 Å². The van der Waals surface area contributed by atoms with Crippen LogP contribution in [-0.4, -0.2) is 23.1 Å². The molecule has 1 fully saturated rings. The Kier molecular flexibility index (Phi) is 2.74. The molecule has 2 aliphatic rings. The van der Waals surface area contributed by atoms with Crippen LogP contribution in [0.25, 0.3) is 0 Å². The van der Waals surface area contributed by atoms with Crippen LogP contribution in [0.3, 0.4) is 0 Å². The molecule has 0 aromatic rings. The molecule has 0 aromatic carbocycles. The van der Waals surface area contributed by atoms with Crippen LogP contribution in [-0.2, 0) is 14.3 Å². The van der Waals surface area contributed by atoms with Crippen LogP contribution in [0.1, 0.15) is 20.3 Å². The summed E-state index contributed by atoms with van der Waals surface area (Å²) in [5.41, 5.74) is 0. The number of fused-ring (bicyclic) bond motifs is 2. The predicted molar refractivity (Wildman–Crippen MR) is 56.6 cm³/mol. The molecule has 1 N–H and O–H groups in total. The largest absolute Gasteiger partial charge is 0.481 e. The van der Waals surface area contributed by atoms with E-state index in [2.05, 4.69) is 0 Å². The third kappa shape index (κ3) is 1.72. The predicted octanol–water partition coefficient (Wildman–Crippen LogP) is 1.46. The first-order valence-corrected chi connectivity index (χ1v) is 5.62. The Hall–Kier alpha value is -1.32. The standard InChI is InChI=1S/C12H16O4/c1-6(2)16-12(15)10-8-4-3-7(5-8)9(10)11(13)14/h3-4,6-10H,5H2,1-2H3,(H,13,14). The molecule has 0 amide bonds. The number of esters is 1. The normalized spacial score (nSPS) is 35.7. The monoisotopic (exact) mass is 224 g/mol. The molecule has 0 spiro atoms. The minimum absolute atomic E-state index is 0.00668. The van der Waals surface area contributed by atoms with Crippen molar-refractivity contribution in [3.63, 3.8) is 0 Å². The van der Waals surface area contributed by atoms with Gasteiger partial charge in [-0.1, -0.05) is 12.2 Å². The van der Waals surface area contributed by atoms with Crippen LogP contribution < -0.4 is 0 Å². The average molecular weight is 224 g/mol. The Morgan fingerprint density at radius 2 is 1.81 bits per heavy atom. The molecule has 1 saturated carbocycles. The zero-order chi connectivity index (χ0) is 11.9. The molecule has 0 aromatic heterocycles. The minimum atomic E-state index is -0.887. The van der Waals surface area contributed by atoms with Gasteiger partial charge in [-0.25, -0.2) is 0 Å². The number of allylic oxidation sites excluding steroid dienone is 2. The number of carboxylic acids is 1. The second-order valence-corrected chi connectivity index (χ2v) is 4.82. The summed E-state index contributed by atoms with van der Waals surface area (Å²) in [6.45, 7) is 3.55. The fourth-order valence-corrected chi connectivity index (χ4v) is 2.79. The second-order valence-electron chi connectivity index (χ2n) is 4.82. The van der Waals surface area contributed by atoms with Crippen molar-refractivity contribution in [1.82, 2.24) is 0 Å². The Morgan fingerprint density at radius 1 is 1.25 bits per heavy atom. The number of rotatable bonds is 3. The third-order valence-corrected chi connectivity index (χ3v) is 3.37. The molecule has 16 heavy (non-hydrogen) atoms. The molecule has 4 unspecified atom stereocenters. The summed E-state index contributed by atoms with van der Waals surface area (Å²) in [5.74, 6) is -2.28.